The van der Waals surface area contributed by atoms with Crippen molar-refractivity contribution < 1.29 is 24.7 Å². The molecule has 20 heavy (non-hydrogen) atoms. The first-order chi connectivity index (χ1) is 9.22. The van der Waals surface area contributed by atoms with Crippen LogP contribution in [0.15, 0.2) is 22.7 Å². The van der Waals surface area contributed by atoms with E-state index in [1.807, 2.05) is 0 Å². The van der Waals surface area contributed by atoms with E-state index in [-0.39, 0.29) is 11.3 Å². The molecular formula is C11H11BrN2O6. The second-order valence-electron chi connectivity index (χ2n) is 3.99. The van der Waals surface area contributed by atoms with Gasteiger partial charge in [-0.1, -0.05) is 15.9 Å². The number of aliphatic hydroxyl groups is 1. The Morgan fingerprint density at radius 3 is 2.45 bits per heavy atom. The number of amides is 1. The number of aliphatic carboxylic acids is 1. The number of nitrogens with zero attached hydrogens (tertiary/aromatic N) is 1. The zero-order chi connectivity index (χ0) is 15.4. The van der Waals surface area contributed by atoms with Gasteiger partial charge in [-0.2, -0.15) is 0 Å². The van der Waals surface area contributed by atoms with Crippen molar-refractivity contribution in [1.82, 2.24) is 5.32 Å². The number of rotatable bonds is 5. The minimum Gasteiger partial charge on any atom is -0.480 e. The Morgan fingerprint density at radius 2 is 2.00 bits per heavy atom. The summed E-state index contributed by atoms with van der Waals surface area (Å²) in [5.41, 5.74) is -0.397. The number of carboxylic acids is 1. The number of benzene rings is 1. The predicted octanol–water partition coefficient (Wildman–Crippen LogP) is 0.921. The molecule has 0 fully saturated rings. The molecule has 1 aromatic rings. The Kier molecular flexibility index (Phi) is 5.17. The summed E-state index contributed by atoms with van der Waals surface area (Å²) in [4.78, 5) is 32.7. The number of non-ortho nitro benzene ring substituents is 1. The molecule has 0 bridgehead atoms. The first-order valence-electron chi connectivity index (χ1n) is 5.39. The molecule has 0 heterocycles. The van der Waals surface area contributed by atoms with Gasteiger partial charge in [-0.05, 0) is 13.0 Å². The van der Waals surface area contributed by atoms with E-state index < -0.39 is 28.9 Å². The van der Waals surface area contributed by atoms with Gasteiger partial charge in [-0.3, -0.25) is 14.9 Å². The monoisotopic (exact) mass is 346 g/mol. The molecule has 0 saturated carbocycles. The third-order valence-corrected chi connectivity index (χ3v) is 2.85. The van der Waals surface area contributed by atoms with Crippen LogP contribution in [0.25, 0.3) is 0 Å². The second-order valence-corrected chi connectivity index (χ2v) is 4.90. The lowest BCUT2D eigenvalue weighted by molar-refractivity contribution is -0.385. The van der Waals surface area contributed by atoms with Crippen molar-refractivity contribution in [3.05, 3.63) is 38.3 Å². The van der Waals surface area contributed by atoms with Crippen LogP contribution in [-0.4, -0.2) is 39.2 Å². The van der Waals surface area contributed by atoms with Gasteiger partial charge in [0.1, 0.15) is 0 Å². The standard InChI is InChI=1S/C11H11BrN2O6/c1-5(15)9(11(17)18)13-10(16)6-2-7(12)4-8(3-6)14(19)20/h2-5,9,15H,1H3,(H,13,16)(H,17,18)/t5-,9+/m1/s1. The molecule has 9 heteroatoms. The largest absolute Gasteiger partial charge is 0.480 e. The molecule has 1 rings (SSSR count). The molecule has 2 atom stereocenters. The van der Waals surface area contributed by atoms with Crippen LogP contribution in [0.2, 0.25) is 0 Å². The van der Waals surface area contributed by atoms with E-state index in [9.17, 15) is 24.8 Å². The molecule has 0 aliphatic heterocycles. The van der Waals surface area contributed by atoms with E-state index in [0.29, 0.717) is 4.47 Å². The van der Waals surface area contributed by atoms with Gasteiger partial charge in [-0.25, -0.2) is 4.79 Å². The first-order valence-corrected chi connectivity index (χ1v) is 6.18. The number of aliphatic hydroxyl groups excluding tert-OH is 1. The molecule has 3 N–H and O–H groups in total. The normalized spacial score (nSPS) is 13.3. The fraction of sp³-hybridized carbons (Fsp3) is 0.273. The van der Waals surface area contributed by atoms with Crippen molar-refractivity contribution in [1.29, 1.82) is 0 Å². The number of carbonyl (C=O) groups is 2. The van der Waals surface area contributed by atoms with Gasteiger partial charge in [0.05, 0.1) is 11.0 Å². The average molecular weight is 347 g/mol. The number of nitro groups is 1. The number of halogens is 1. The van der Waals surface area contributed by atoms with Gasteiger partial charge in [-0.15, -0.1) is 0 Å². The van der Waals surface area contributed by atoms with E-state index in [1.54, 1.807) is 0 Å². The molecule has 108 valence electrons. The maximum Gasteiger partial charge on any atom is 0.328 e. The minimum atomic E-state index is -1.50. The molecule has 8 nitrogen and oxygen atoms in total. The Bertz CT molecular complexity index is 560. The van der Waals surface area contributed by atoms with E-state index in [0.717, 1.165) is 6.07 Å². The summed E-state index contributed by atoms with van der Waals surface area (Å²) in [5, 5.41) is 30.9. The zero-order valence-corrected chi connectivity index (χ0v) is 11.8. The summed E-state index contributed by atoms with van der Waals surface area (Å²) in [6.07, 6.45) is -1.31. The number of carboxylic acid groups (broad SMARTS) is 1. The Balaban J connectivity index is 3.03. The van der Waals surface area contributed by atoms with Crippen LogP contribution in [0.1, 0.15) is 17.3 Å². The van der Waals surface area contributed by atoms with Gasteiger partial charge in [0.25, 0.3) is 11.6 Å². The molecule has 0 aliphatic carbocycles. The highest BCUT2D eigenvalue weighted by atomic mass is 79.9. The summed E-state index contributed by atoms with van der Waals surface area (Å²) in [7, 11) is 0. The van der Waals surface area contributed by atoms with Crippen molar-refractivity contribution in [3.63, 3.8) is 0 Å². The highest BCUT2D eigenvalue weighted by Crippen LogP contribution is 2.21. The van der Waals surface area contributed by atoms with E-state index in [1.165, 1.54) is 19.1 Å². The molecule has 0 radical (unpaired) electrons. The Morgan fingerprint density at radius 1 is 1.40 bits per heavy atom. The molecule has 0 saturated heterocycles. The summed E-state index contributed by atoms with van der Waals surface area (Å²) < 4.78 is 0.306. The fourth-order valence-electron chi connectivity index (χ4n) is 1.42. The summed E-state index contributed by atoms with van der Waals surface area (Å²) in [6.45, 7) is 1.21. The molecule has 0 aliphatic rings. The molecule has 1 amide bonds. The van der Waals surface area contributed by atoms with Gasteiger partial charge in [0.15, 0.2) is 6.04 Å². The van der Waals surface area contributed by atoms with Crippen molar-refractivity contribution >= 4 is 33.5 Å². The van der Waals surface area contributed by atoms with E-state index >= 15 is 0 Å². The Hall–Kier alpha value is -2.00. The van der Waals surface area contributed by atoms with Gasteiger partial charge in [0.2, 0.25) is 0 Å². The van der Waals surface area contributed by atoms with Crippen LogP contribution in [-0.2, 0) is 4.79 Å². The topological polar surface area (TPSA) is 130 Å². The van der Waals surface area contributed by atoms with Crippen LogP contribution in [0.5, 0.6) is 0 Å². The van der Waals surface area contributed by atoms with Gasteiger partial charge < -0.3 is 15.5 Å². The maximum absolute atomic E-state index is 11.9. The SMILES string of the molecule is C[C@@H](O)[C@H](NC(=O)c1cc(Br)cc([N+](=O)[O-])c1)C(=O)O. The quantitative estimate of drug-likeness (QED) is 0.536. The van der Waals surface area contributed by atoms with Crippen molar-refractivity contribution in [2.45, 2.75) is 19.1 Å². The lowest BCUT2D eigenvalue weighted by Gasteiger charge is -2.17. The number of hydrogen-bond acceptors (Lipinski definition) is 5. The fourth-order valence-corrected chi connectivity index (χ4v) is 1.91. The molecule has 1 aromatic carbocycles. The molecule has 0 spiro atoms. The van der Waals surface area contributed by atoms with E-state index in [4.69, 9.17) is 5.11 Å². The van der Waals surface area contributed by atoms with Crippen molar-refractivity contribution in [2.24, 2.45) is 0 Å². The highest BCUT2D eigenvalue weighted by Gasteiger charge is 2.26. The number of carbonyl (C=O) groups excluding carboxylic acids is 1. The maximum atomic E-state index is 11.9. The second kappa shape index (κ2) is 6.44. The number of nitro benzene ring substituents is 1. The Labute approximate surface area is 121 Å². The third-order valence-electron chi connectivity index (χ3n) is 2.39. The number of nitrogens with one attached hydrogen (secondary N) is 1. The lowest BCUT2D eigenvalue weighted by Crippen LogP contribution is -2.47. The first kappa shape index (κ1) is 16.1. The zero-order valence-electron chi connectivity index (χ0n) is 10.2. The molecule has 0 unspecified atom stereocenters. The third kappa shape index (κ3) is 4.00. The van der Waals surface area contributed by atoms with Crippen LogP contribution in [0.4, 0.5) is 5.69 Å². The van der Waals surface area contributed by atoms with Crippen LogP contribution < -0.4 is 5.32 Å². The van der Waals surface area contributed by atoms with Gasteiger partial charge >= 0.3 is 5.97 Å². The summed E-state index contributed by atoms with van der Waals surface area (Å²) in [6, 6.07) is 2.03. The van der Waals surface area contributed by atoms with Crippen LogP contribution in [0.3, 0.4) is 0 Å². The molecule has 0 aromatic heterocycles. The summed E-state index contributed by atoms with van der Waals surface area (Å²) in [5.74, 6) is -2.24. The predicted molar refractivity (Wildman–Crippen MR) is 71.4 cm³/mol. The highest BCUT2D eigenvalue weighted by molar-refractivity contribution is 9.10. The smallest absolute Gasteiger partial charge is 0.328 e. The molecular weight excluding hydrogens is 336 g/mol. The van der Waals surface area contributed by atoms with Crippen LogP contribution in [0, 0.1) is 10.1 Å². The van der Waals surface area contributed by atoms with Crippen molar-refractivity contribution in [3.8, 4) is 0 Å². The average Bonchev–Trinajstić information content (AvgIpc) is 2.33. The summed E-state index contributed by atoms with van der Waals surface area (Å²) >= 11 is 3.02. The minimum absolute atomic E-state index is 0.0852. The number of hydrogen-bond donors (Lipinski definition) is 3. The van der Waals surface area contributed by atoms with E-state index in [2.05, 4.69) is 21.2 Å². The van der Waals surface area contributed by atoms with Gasteiger partial charge in [0, 0.05) is 22.2 Å². The van der Waals surface area contributed by atoms with Crippen LogP contribution >= 0.6 is 15.9 Å². The van der Waals surface area contributed by atoms with Crippen molar-refractivity contribution in [2.75, 3.05) is 0 Å². The lowest BCUT2D eigenvalue weighted by atomic mass is 10.1.